The Morgan fingerprint density at radius 1 is 1.07 bits per heavy atom. The van der Waals surface area contributed by atoms with E-state index in [1.165, 1.54) is 24.3 Å². The topological polar surface area (TPSA) is 56.3 Å². The lowest BCUT2D eigenvalue weighted by molar-refractivity contribution is 0.387. The highest BCUT2D eigenvalue weighted by atomic mass is 19.1. The molecule has 28 heavy (non-hydrogen) atoms. The number of ether oxygens (including phenoxy) is 2. The van der Waals surface area contributed by atoms with Gasteiger partial charge in [0.05, 0.1) is 19.7 Å². The highest BCUT2D eigenvalue weighted by molar-refractivity contribution is 5.90. The van der Waals surface area contributed by atoms with Crippen molar-refractivity contribution in [1.82, 2.24) is 9.97 Å². The second-order valence-electron chi connectivity index (χ2n) is 7.20. The van der Waals surface area contributed by atoms with Gasteiger partial charge in [0.15, 0.2) is 11.6 Å². The van der Waals surface area contributed by atoms with Crippen LogP contribution in [0.2, 0.25) is 0 Å². The van der Waals surface area contributed by atoms with Crippen LogP contribution in [-0.4, -0.2) is 30.2 Å². The Labute approximate surface area is 163 Å². The van der Waals surface area contributed by atoms with Crippen molar-refractivity contribution in [3.8, 4) is 11.5 Å². The standard InChI is InChI=1S/C22H24FN3O2/c1-13-24-20-12-19(23)21(28-3)11-18(20)22(25-13)26-16-6-4-5-14-10-17(27-2)8-7-15(14)9-16/h7-8,10-12,16H,4-6,9H2,1-3H3,(H,24,25,26). The van der Waals surface area contributed by atoms with E-state index in [1.807, 2.05) is 13.0 Å². The molecule has 0 spiro atoms. The van der Waals surface area contributed by atoms with E-state index in [4.69, 9.17) is 9.47 Å². The Bertz CT molecular complexity index is 1020. The first-order valence-electron chi connectivity index (χ1n) is 9.51. The molecule has 1 aliphatic rings. The van der Waals surface area contributed by atoms with E-state index in [0.717, 1.165) is 42.6 Å². The largest absolute Gasteiger partial charge is 0.497 e. The number of aryl methyl sites for hydroxylation is 2. The second kappa shape index (κ2) is 7.62. The van der Waals surface area contributed by atoms with Gasteiger partial charge in [-0.2, -0.15) is 0 Å². The molecular weight excluding hydrogens is 357 g/mol. The number of methoxy groups -OCH3 is 2. The molecular formula is C22H24FN3O2. The number of halogens is 1. The highest BCUT2D eigenvalue weighted by Crippen LogP contribution is 2.31. The normalized spacial score (nSPS) is 16.4. The first-order valence-corrected chi connectivity index (χ1v) is 9.51. The van der Waals surface area contributed by atoms with Gasteiger partial charge in [-0.25, -0.2) is 14.4 Å². The minimum atomic E-state index is -0.420. The van der Waals surface area contributed by atoms with Crippen molar-refractivity contribution in [2.45, 2.75) is 38.6 Å². The molecule has 1 aromatic heterocycles. The van der Waals surface area contributed by atoms with Crippen LogP contribution in [0.4, 0.5) is 10.2 Å². The van der Waals surface area contributed by atoms with Crippen LogP contribution in [0.1, 0.15) is 29.8 Å². The van der Waals surface area contributed by atoms with Gasteiger partial charge in [-0.1, -0.05) is 6.07 Å². The number of anilines is 1. The number of aromatic nitrogens is 2. The third-order valence-corrected chi connectivity index (χ3v) is 5.30. The number of nitrogens with zero attached hydrogens (tertiary/aromatic N) is 2. The van der Waals surface area contributed by atoms with Crippen LogP contribution in [0, 0.1) is 12.7 Å². The number of fused-ring (bicyclic) bond motifs is 2. The molecule has 1 aliphatic carbocycles. The molecule has 0 fully saturated rings. The average molecular weight is 381 g/mol. The van der Waals surface area contributed by atoms with E-state index < -0.39 is 5.82 Å². The lowest BCUT2D eigenvalue weighted by Crippen LogP contribution is -2.22. The zero-order chi connectivity index (χ0) is 19.7. The Morgan fingerprint density at radius 3 is 2.71 bits per heavy atom. The summed E-state index contributed by atoms with van der Waals surface area (Å²) in [5.74, 6) is 2.01. The number of rotatable bonds is 4. The molecule has 0 amide bonds. The quantitative estimate of drug-likeness (QED) is 0.677. The van der Waals surface area contributed by atoms with Crippen LogP contribution in [0.3, 0.4) is 0 Å². The SMILES string of the molecule is COc1ccc2c(c1)CCCC(Nc1nc(C)nc3cc(F)c(OC)cc13)C2. The monoisotopic (exact) mass is 381 g/mol. The maximum Gasteiger partial charge on any atom is 0.167 e. The fourth-order valence-corrected chi connectivity index (χ4v) is 3.90. The fraction of sp³-hybridized carbons (Fsp3) is 0.364. The number of hydrogen-bond donors (Lipinski definition) is 1. The molecule has 4 rings (SSSR count). The molecule has 0 saturated carbocycles. The summed E-state index contributed by atoms with van der Waals surface area (Å²) in [6.45, 7) is 1.82. The average Bonchev–Trinajstić information content (AvgIpc) is 2.88. The summed E-state index contributed by atoms with van der Waals surface area (Å²) in [5, 5.41) is 4.35. The Hall–Kier alpha value is -2.89. The Morgan fingerprint density at radius 2 is 1.93 bits per heavy atom. The molecule has 0 bridgehead atoms. The van der Waals surface area contributed by atoms with Crippen molar-refractivity contribution in [2.24, 2.45) is 0 Å². The Balaban J connectivity index is 1.67. The van der Waals surface area contributed by atoms with Gasteiger partial charge in [-0.05, 0) is 61.9 Å². The summed E-state index contributed by atoms with van der Waals surface area (Å²) in [5.41, 5.74) is 3.25. The summed E-state index contributed by atoms with van der Waals surface area (Å²) in [6, 6.07) is 9.61. The molecule has 2 aromatic carbocycles. The third kappa shape index (κ3) is 3.59. The van der Waals surface area contributed by atoms with Crippen molar-refractivity contribution < 1.29 is 13.9 Å². The zero-order valence-corrected chi connectivity index (χ0v) is 16.4. The second-order valence-corrected chi connectivity index (χ2v) is 7.20. The van der Waals surface area contributed by atoms with Crippen molar-refractivity contribution in [2.75, 3.05) is 19.5 Å². The molecule has 146 valence electrons. The van der Waals surface area contributed by atoms with Gasteiger partial charge in [0, 0.05) is 17.5 Å². The van der Waals surface area contributed by atoms with Gasteiger partial charge in [0.2, 0.25) is 0 Å². The van der Waals surface area contributed by atoms with Gasteiger partial charge >= 0.3 is 0 Å². The van der Waals surface area contributed by atoms with Gasteiger partial charge < -0.3 is 14.8 Å². The molecule has 1 unspecified atom stereocenters. The maximum absolute atomic E-state index is 14.1. The summed E-state index contributed by atoms with van der Waals surface area (Å²) in [6.07, 6.45) is 4.05. The molecule has 6 heteroatoms. The molecule has 3 aromatic rings. The van der Waals surface area contributed by atoms with Crippen molar-refractivity contribution >= 4 is 16.7 Å². The van der Waals surface area contributed by atoms with E-state index in [2.05, 4.69) is 27.4 Å². The Kier molecular flexibility index (Phi) is 5.03. The minimum absolute atomic E-state index is 0.196. The van der Waals surface area contributed by atoms with Crippen molar-refractivity contribution in [1.29, 1.82) is 0 Å². The molecule has 1 N–H and O–H groups in total. The number of hydrogen-bond acceptors (Lipinski definition) is 5. The van der Waals surface area contributed by atoms with E-state index in [0.29, 0.717) is 11.3 Å². The van der Waals surface area contributed by atoms with Gasteiger partial charge in [-0.3, -0.25) is 0 Å². The third-order valence-electron chi connectivity index (χ3n) is 5.30. The van der Waals surface area contributed by atoms with E-state index in [1.54, 1.807) is 13.2 Å². The lowest BCUT2D eigenvalue weighted by atomic mass is 10.0. The first-order chi connectivity index (χ1) is 13.6. The van der Waals surface area contributed by atoms with Crippen molar-refractivity contribution in [3.05, 3.63) is 53.1 Å². The smallest absolute Gasteiger partial charge is 0.167 e. The highest BCUT2D eigenvalue weighted by Gasteiger charge is 2.20. The maximum atomic E-state index is 14.1. The minimum Gasteiger partial charge on any atom is -0.497 e. The van der Waals surface area contributed by atoms with Crippen LogP contribution in [0.25, 0.3) is 10.9 Å². The van der Waals surface area contributed by atoms with Crippen LogP contribution >= 0.6 is 0 Å². The predicted molar refractivity (Wildman–Crippen MR) is 108 cm³/mol. The van der Waals surface area contributed by atoms with Crippen molar-refractivity contribution in [3.63, 3.8) is 0 Å². The molecule has 0 saturated heterocycles. The first kappa shape index (κ1) is 18.5. The summed E-state index contributed by atoms with van der Waals surface area (Å²) >= 11 is 0. The summed E-state index contributed by atoms with van der Waals surface area (Å²) in [4.78, 5) is 8.97. The predicted octanol–water partition coefficient (Wildman–Crippen LogP) is 4.45. The number of benzene rings is 2. The van der Waals surface area contributed by atoms with Gasteiger partial charge in [0.25, 0.3) is 0 Å². The fourth-order valence-electron chi connectivity index (χ4n) is 3.90. The van der Waals surface area contributed by atoms with Gasteiger partial charge in [0.1, 0.15) is 17.4 Å². The summed E-state index contributed by atoms with van der Waals surface area (Å²) < 4.78 is 24.6. The zero-order valence-electron chi connectivity index (χ0n) is 16.4. The van der Waals surface area contributed by atoms with E-state index in [-0.39, 0.29) is 11.8 Å². The van der Waals surface area contributed by atoms with Crippen LogP contribution < -0.4 is 14.8 Å². The molecule has 1 heterocycles. The summed E-state index contributed by atoms with van der Waals surface area (Å²) in [7, 11) is 3.16. The number of nitrogens with one attached hydrogen (secondary N) is 1. The van der Waals surface area contributed by atoms with Crippen LogP contribution in [-0.2, 0) is 12.8 Å². The molecule has 5 nitrogen and oxygen atoms in total. The molecule has 0 aliphatic heterocycles. The van der Waals surface area contributed by atoms with Gasteiger partial charge in [-0.15, -0.1) is 0 Å². The van der Waals surface area contributed by atoms with E-state index >= 15 is 0 Å². The molecule has 0 radical (unpaired) electrons. The van der Waals surface area contributed by atoms with Crippen LogP contribution in [0.5, 0.6) is 11.5 Å². The lowest BCUT2D eigenvalue weighted by Gasteiger charge is -2.19. The van der Waals surface area contributed by atoms with Crippen LogP contribution in [0.15, 0.2) is 30.3 Å². The molecule has 1 atom stereocenters. The van der Waals surface area contributed by atoms with E-state index in [9.17, 15) is 4.39 Å².